The molecule has 1 aromatic rings. The number of halogens is 1. The minimum Gasteiger partial charge on any atom is -0.354 e. The number of hydrogen-bond donors (Lipinski definition) is 2. The molecule has 18 heavy (non-hydrogen) atoms. The molecule has 1 saturated heterocycles. The molecule has 1 unspecified atom stereocenters. The second-order valence-electron chi connectivity index (χ2n) is 4.18. The van der Waals surface area contributed by atoms with Crippen molar-refractivity contribution in [3.63, 3.8) is 0 Å². The fourth-order valence-corrected chi connectivity index (χ4v) is 1.94. The molecule has 5 nitrogen and oxygen atoms in total. The fourth-order valence-electron chi connectivity index (χ4n) is 1.83. The Kier molecular flexibility index (Phi) is 4.15. The summed E-state index contributed by atoms with van der Waals surface area (Å²) in [5.74, 6) is -0.427. The molecule has 2 amide bonds. The van der Waals surface area contributed by atoms with Crippen LogP contribution in [-0.2, 0) is 4.79 Å². The van der Waals surface area contributed by atoms with Crippen molar-refractivity contribution in [2.75, 3.05) is 6.54 Å². The van der Waals surface area contributed by atoms with E-state index in [1.165, 1.54) is 6.20 Å². The van der Waals surface area contributed by atoms with Crippen LogP contribution in [-0.4, -0.2) is 29.4 Å². The van der Waals surface area contributed by atoms with Crippen LogP contribution >= 0.6 is 11.6 Å². The van der Waals surface area contributed by atoms with Crippen molar-refractivity contribution >= 4 is 23.4 Å². The van der Waals surface area contributed by atoms with E-state index in [1.807, 2.05) is 0 Å². The summed E-state index contributed by atoms with van der Waals surface area (Å²) >= 11 is 5.65. The van der Waals surface area contributed by atoms with Crippen LogP contribution in [0.4, 0.5) is 0 Å². The van der Waals surface area contributed by atoms with Crippen molar-refractivity contribution in [2.45, 2.75) is 25.3 Å². The maximum absolute atomic E-state index is 11.9. The first-order valence-corrected chi connectivity index (χ1v) is 6.25. The highest BCUT2D eigenvalue weighted by molar-refractivity contribution is 6.29. The van der Waals surface area contributed by atoms with Crippen LogP contribution in [0.5, 0.6) is 0 Å². The lowest BCUT2D eigenvalue weighted by atomic mass is 10.1. The lowest BCUT2D eigenvalue weighted by molar-refractivity contribution is -0.122. The molecule has 2 heterocycles. The van der Waals surface area contributed by atoms with Crippen molar-refractivity contribution in [3.05, 3.63) is 29.0 Å². The van der Waals surface area contributed by atoms with Gasteiger partial charge in [0, 0.05) is 12.7 Å². The molecule has 0 aromatic carbocycles. The molecule has 0 aliphatic carbocycles. The van der Waals surface area contributed by atoms with E-state index < -0.39 is 6.04 Å². The SMILES string of the molecule is O=C(NC1CCCCNC1=O)c1ccc(Cl)nc1. The number of nitrogens with zero attached hydrogens (tertiary/aromatic N) is 1. The Morgan fingerprint density at radius 2 is 2.28 bits per heavy atom. The van der Waals surface area contributed by atoms with Crippen LogP contribution in [0.25, 0.3) is 0 Å². The van der Waals surface area contributed by atoms with E-state index in [1.54, 1.807) is 12.1 Å². The Bertz CT molecular complexity index is 447. The molecule has 1 aliphatic rings. The third-order valence-corrected chi connectivity index (χ3v) is 3.05. The number of aromatic nitrogens is 1. The molecular formula is C12H14ClN3O2. The van der Waals surface area contributed by atoms with Gasteiger partial charge in [0.15, 0.2) is 0 Å². The molecule has 0 radical (unpaired) electrons. The van der Waals surface area contributed by atoms with E-state index in [9.17, 15) is 9.59 Å². The van der Waals surface area contributed by atoms with Crippen LogP contribution in [0.3, 0.4) is 0 Å². The highest BCUT2D eigenvalue weighted by Gasteiger charge is 2.22. The van der Waals surface area contributed by atoms with Gasteiger partial charge in [-0.3, -0.25) is 9.59 Å². The van der Waals surface area contributed by atoms with Crippen LogP contribution in [0.1, 0.15) is 29.6 Å². The summed E-state index contributed by atoms with van der Waals surface area (Å²) in [5, 5.41) is 5.81. The number of carbonyl (C=O) groups is 2. The zero-order chi connectivity index (χ0) is 13.0. The Morgan fingerprint density at radius 1 is 1.44 bits per heavy atom. The average Bonchev–Trinajstić information content (AvgIpc) is 2.56. The summed E-state index contributed by atoms with van der Waals surface area (Å²) in [5.41, 5.74) is 0.399. The first-order chi connectivity index (χ1) is 8.66. The van der Waals surface area contributed by atoms with Gasteiger partial charge in [0.1, 0.15) is 11.2 Å². The van der Waals surface area contributed by atoms with Crippen molar-refractivity contribution in [3.8, 4) is 0 Å². The Balaban J connectivity index is 2.01. The zero-order valence-corrected chi connectivity index (χ0v) is 10.5. The molecule has 1 atom stereocenters. The number of nitrogens with one attached hydrogen (secondary N) is 2. The summed E-state index contributed by atoms with van der Waals surface area (Å²) in [4.78, 5) is 27.4. The summed E-state index contributed by atoms with van der Waals surface area (Å²) in [6.45, 7) is 0.674. The maximum Gasteiger partial charge on any atom is 0.253 e. The van der Waals surface area contributed by atoms with Crippen molar-refractivity contribution in [1.82, 2.24) is 15.6 Å². The molecule has 96 valence electrons. The molecule has 6 heteroatoms. The second-order valence-corrected chi connectivity index (χ2v) is 4.57. The zero-order valence-electron chi connectivity index (χ0n) is 9.78. The lowest BCUT2D eigenvalue weighted by Crippen LogP contribution is -2.45. The number of hydrogen-bond acceptors (Lipinski definition) is 3. The highest BCUT2D eigenvalue weighted by atomic mass is 35.5. The monoisotopic (exact) mass is 267 g/mol. The van der Waals surface area contributed by atoms with Crippen LogP contribution in [0.15, 0.2) is 18.3 Å². The Labute approximate surface area is 110 Å². The summed E-state index contributed by atoms with van der Waals surface area (Å²) < 4.78 is 0. The van der Waals surface area contributed by atoms with E-state index in [2.05, 4.69) is 15.6 Å². The average molecular weight is 268 g/mol. The van der Waals surface area contributed by atoms with E-state index in [-0.39, 0.29) is 11.8 Å². The quantitative estimate of drug-likeness (QED) is 0.789. The first kappa shape index (κ1) is 12.8. The predicted octanol–water partition coefficient (Wildman–Crippen LogP) is 1.13. The summed E-state index contributed by atoms with van der Waals surface area (Å²) in [6, 6.07) is 2.67. The van der Waals surface area contributed by atoms with E-state index in [4.69, 9.17) is 11.6 Å². The number of rotatable bonds is 2. The molecule has 0 spiro atoms. The molecule has 1 aliphatic heterocycles. The van der Waals surface area contributed by atoms with Gasteiger partial charge in [-0.25, -0.2) is 4.98 Å². The topological polar surface area (TPSA) is 71.1 Å². The Morgan fingerprint density at radius 3 is 3.00 bits per heavy atom. The van der Waals surface area contributed by atoms with E-state index in [0.717, 1.165) is 12.8 Å². The summed E-state index contributed by atoms with van der Waals surface area (Å²) in [7, 11) is 0. The van der Waals surface area contributed by atoms with Crippen molar-refractivity contribution in [2.24, 2.45) is 0 Å². The minimum atomic E-state index is -0.462. The van der Waals surface area contributed by atoms with Gasteiger partial charge >= 0.3 is 0 Å². The van der Waals surface area contributed by atoms with E-state index >= 15 is 0 Å². The van der Waals surface area contributed by atoms with Gasteiger partial charge < -0.3 is 10.6 Å². The smallest absolute Gasteiger partial charge is 0.253 e. The minimum absolute atomic E-state index is 0.122. The van der Waals surface area contributed by atoms with Crippen LogP contribution < -0.4 is 10.6 Å². The first-order valence-electron chi connectivity index (χ1n) is 5.87. The number of carbonyl (C=O) groups excluding carboxylic acids is 2. The highest BCUT2D eigenvalue weighted by Crippen LogP contribution is 2.08. The molecule has 2 rings (SSSR count). The van der Waals surface area contributed by atoms with Gasteiger partial charge in [-0.15, -0.1) is 0 Å². The summed E-state index contributed by atoms with van der Waals surface area (Å²) in [6.07, 6.45) is 3.92. The van der Waals surface area contributed by atoms with Gasteiger partial charge in [0.2, 0.25) is 5.91 Å². The molecule has 1 fully saturated rings. The molecule has 2 N–H and O–H groups in total. The maximum atomic E-state index is 11.9. The van der Waals surface area contributed by atoms with Gasteiger partial charge in [0.25, 0.3) is 5.91 Å². The van der Waals surface area contributed by atoms with E-state index in [0.29, 0.717) is 23.7 Å². The van der Waals surface area contributed by atoms with Crippen molar-refractivity contribution < 1.29 is 9.59 Å². The van der Waals surface area contributed by atoms with Gasteiger partial charge in [-0.05, 0) is 31.4 Å². The molecule has 1 aromatic heterocycles. The van der Waals surface area contributed by atoms with Gasteiger partial charge in [0.05, 0.1) is 5.56 Å². The third-order valence-electron chi connectivity index (χ3n) is 2.83. The molecular weight excluding hydrogens is 254 g/mol. The van der Waals surface area contributed by atoms with Crippen LogP contribution in [0, 0.1) is 0 Å². The number of pyridine rings is 1. The second kappa shape index (κ2) is 5.82. The largest absolute Gasteiger partial charge is 0.354 e. The normalized spacial score (nSPS) is 19.8. The lowest BCUT2D eigenvalue weighted by Gasteiger charge is -2.14. The third kappa shape index (κ3) is 3.20. The van der Waals surface area contributed by atoms with Gasteiger partial charge in [-0.2, -0.15) is 0 Å². The van der Waals surface area contributed by atoms with Crippen molar-refractivity contribution in [1.29, 1.82) is 0 Å². The fraction of sp³-hybridized carbons (Fsp3) is 0.417. The standard InChI is InChI=1S/C12H14ClN3O2/c13-10-5-4-8(7-15-10)11(17)16-9-3-1-2-6-14-12(9)18/h4-5,7,9H,1-3,6H2,(H,14,18)(H,16,17). The number of amides is 2. The van der Waals surface area contributed by atoms with Crippen LogP contribution in [0.2, 0.25) is 5.15 Å². The molecule has 0 bridgehead atoms. The predicted molar refractivity (Wildman–Crippen MR) is 67.4 cm³/mol. The van der Waals surface area contributed by atoms with Gasteiger partial charge in [-0.1, -0.05) is 11.6 Å². The Hall–Kier alpha value is -1.62. The molecule has 0 saturated carbocycles.